The minimum atomic E-state index is -0.217. The number of rotatable bonds is 5. The summed E-state index contributed by atoms with van der Waals surface area (Å²) in [7, 11) is 0. The Morgan fingerprint density at radius 1 is 1.53 bits per heavy atom. The molecule has 5 nitrogen and oxygen atoms in total. The zero-order chi connectivity index (χ0) is 11.3. The molecule has 15 heavy (non-hydrogen) atoms. The first-order valence-corrected chi connectivity index (χ1v) is 5.01. The summed E-state index contributed by atoms with van der Waals surface area (Å²) in [4.78, 5) is 8.29. The summed E-state index contributed by atoms with van der Waals surface area (Å²) in [6.45, 7) is 7.00. The lowest BCUT2D eigenvalue weighted by molar-refractivity contribution is 0.326. The Morgan fingerprint density at radius 2 is 2.27 bits per heavy atom. The van der Waals surface area contributed by atoms with E-state index in [-0.39, 0.29) is 5.54 Å². The smallest absolute Gasteiger partial charge is 0.226 e. The van der Waals surface area contributed by atoms with Crippen LogP contribution >= 0.6 is 0 Å². The molecule has 3 N–H and O–H groups in total. The molecule has 0 bridgehead atoms. The third kappa shape index (κ3) is 3.71. The molecule has 0 aliphatic heterocycles. The van der Waals surface area contributed by atoms with E-state index in [4.69, 9.17) is 10.5 Å². The van der Waals surface area contributed by atoms with E-state index in [9.17, 15) is 0 Å². The van der Waals surface area contributed by atoms with Crippen molar-refractivity contribution in [2.24, 2.45) is 5.73 Å². The van der Waals surface area contributed by atoms with Gasteiger partial charge in [0.25, 0.3) is 0 Å². The summed E-state index contributed by atoms with van der Waals surface area (Å²) in [6, 6.07) is 1.73. The van der Waals surface area contributed by atoms with Gasteiger partial charge in [0, 0.05) is 24.3 Å². The SMILES string of the molecule is CCOc1ccnc(NC(C)(C)CN)n1. The Hall–Kier alpha value is -1.36. The molecule has 0 radical (unpaired) electrons. The Bertz CT molecular complexity index is 314. The van der Waals surface area contributed by atoms with Crippen molar-refractivity contribution in [2.45, 2.75) is 26.3 Å². The summed E-state index contributed by atoms with van der Waals surface area (Å²) in [5, 5.41) is 3.14. The Kier molecular flexibility index (Phi) is 3.85. The predicted molar refractivity (Wildman–Crippen MR) is 60.0 cm³/mol. The number of hydrogen-bond acceptors (Lipinski definition) is 5. The summed E-state index contributed by atoms with van der Waals surface area (Å²) >= 11 is 0. The molecule has 84 valence electrons. The van der Waals surface area contributed by atoms with E-state index < -0.39 is 0 Å². The third-order valence-corrected chi connectivity index (χ3v) is 1.88. The molecule has 0 amide bonds. The van der Waals surface area contributed by atoms with Crippen molar-refractivity contribution >= 4 is 5.95 Å². The Morgan fingerprint density at radius 3 is 2.87 bits per heavy atom. The topological polar surface area (TPSA) is 73.1 Å². The van der Waals surface area contributed by atoms with Gasteiger partial charge in [0.1, 0.15) is 0 Å². The molecular formula is C10H18N4O. The molecular weight excluding hydrogens is 192 g/mol. The minimum absolute atomic E-state index is 0.217. The van der Waals surface area contributed by atoms with Crippen LogP contribution in [0.25, 0.3) is 0 Å². The third-order valence-electron chi connectivity index (χ3n) is 1.88. The molecule has 5 heteroatoms. The van der Waals surface area contributed by atoms with Gasteiger partial charge in [-0.1, -0.05) is 0 Å². The Labute approximate surface area is 90.1 Å². The molecule has 1 rings (SSSR count). The predicted octanol–water partition coefficient (Wildman–Crippen LogP) is 1.02. The van der Waals surface area contributed by atoms with Crippen molar-refractivity contribution in [3.8, 4) is 5.88 Å². The average Bonchev–Trinajstić information content (AvgIpc) is 2.18. The standard InChI is InChI=1S/C10H18N4O/c1-4-15-8-5-6-12-9(13-8)14-10(2,3)7-11/h5-6H,4,7,11H2,1-3H3,(H,12,13,14). The van der Waals surface area contributed by atoms with Gasteiger partial charge in [-0.2, -0.15) is 4.98 Å². The molecule has 0 aliphatic carbocycles. The van der Waals surface area contributed by atoms with Crippen LogP contribution in [0.5, 0.6) is 5.88 Å². The molecule has 1 aromatic heterocycles. The number of anilines is 1. The molecule has 0 saturated heterocycles. The molecule has 0 saturated carbocycles. The highest BCUT2D eigenvalue weighted by molar-refractivity contribution is 5.30. The van der Waals surface area contributed by atoms with E-state index in [1.807, 2.05) is 20.8 Å². The maximum Gasteiger partial charge on any atom is 0.226 e. The van der Waals surface area contributed by atoms with E-state index in [2.05, 4.69) is 15.3 Å². The molecule has 0 aliphatic rings. The van der Waals surface area contributed by atoms with Crippen molar-refractivity contribution in [3.63, 3.8) is 0 Å². The highest BCUT2D eigenvalue weighted by Crippen LogP contribution is 2.12. The summed E-state index contributed by atoms with van der Waals surface area (Å²) in [5.41, 5.74) is 5.38. The average molecular weight is 210 g/mol. The Balaban J connectivity index is 2.73. The normalized spacial score (nSPS) is 11.2. The summed E-state index contributed by atoms with van der Waals surface area (Å²) < 4.78 is 5.27. The van der Waals surface area contributed by atoms with E-state index in [0.29, 0.717) is 25.0 Å². The number of ether oxygens (including phenoxy) is 1. The van der Waals surface area contributed by atoms with Crippen molar-refractivity contribution < 1.29 is 4.74 Å². The monoisotopic (exact) mass is 210 g/mol. The fourth-order valence-electron chi connectivity index (χ4n) is 0.984. The van der Waals surface area contributed by atoms with Gasteiger partial charge in [0.15, 0.2) is 0 Å². The van der Waals surface area contributed by atoms with E-state index in [1.165, 1.54) is 0 Å². The second-order valence-corrected chi connectivity index (χ2v) is 3.86. The second kappa shape index (κ2) is 4.93. The van der Waals surface area contributed by atoms with Crippen molar-refractivity contribution in [2.75, 3.05) is 18.5 Å². The van der Waals surface area contributed by atoms with E-state index in [0.717, 1.165) is 0 Å². The quantitative estimate of drug-likeness (QED) is 0.759. The van der Waals surface area contributed by atoms with Gasteiger partial charge in [0.2, 0.25) is 11.8 Å². The maximum absolute atomic E-state index is 5.60. The number of nitrogens with one attached hydrogen (secondary N) is 1. The summed E-state index contributed by atoms with van der Waals surface area (Å²) in [6.07, 6.45) is 1.66. The zero-order valence-corrected chi connectivity index (χ0v) is 9.45. The minimum Gasteiger partial charge on any atom is -0.478 e. The van der Waals surface area contributed by atoms with E-state index in [1.54, 1.807) is 12.3 Å². The molecule has 0 spiro atoms. The molecule has 1 heterocycles. The molecule has 0 unspecified atom stereocenters. The van der Waals surface area contributed by atoms with Crippen LogP contribution in [0.2, 0.25) is 0 Å². The van der Waals surface area contributed by atoms with Gasteiger partial charge in [-0.05, 0) is 20.8 Å². The highest BCUT2D eigenvalue weighted by Gasteiger charge is 2.16. The first-order chi connectivity index (χ1) is 7.07. The van der Waals surface area contributed by atoms with Crippen LogP contribution in [0.3, 0.4) is 0 Å². The van der Waals surface area contributed by atoms with Crippen molar-refractivity contribution in [1.29, 1.82) is 0 Å². The van der Waals surface area contributed by atoms with Gasteiger partial charge >= 0.3 is 0 Å². The van der Waals surface area contributed by atoms with Gasteiger partial charge in [0.05, 0.1) is 6.61 Å². The lowest BCUT2D eigenvalue weighted by Crippen LogP contribution is -2.39. The molecule has 0 atom stereocenters. The maximum atomic E-state index is 5.60. The molecule has 1 aromatic rings. The number of aromatic nitrogens is 2. The molecule has 0 fully saturated rings. The van der Waals surface area contributed by atoms with Gasteiger partial charge in [-0.15, -0.1) is 0 Å². The number of nitrogens with two attached hydrogens (primary N) is 1. The lowest BCUT2D eigenvalue weighted by Gasteiger charge is -2.24. The van der Waals surface area contributed by atoms with E-state index >= 15 is 0 Å². The van der Waals surface area contributed by atoms with Crippen LogP contribution in [-0.2, 0) is 0 Å². The second-order valence-electron chi connectivity index (χ2n) is 3.86. The van der Waals surface area contributed by atoms with Gasteiger partial charge in [-0.3, -0.25) is 0 Å². The number of hydrogen-bond donors (Lipinski definition) is 2. The fraction of sp³-hybridized carbons (Fsp3) is 0.600. The van der Waals surface area contributed by atoms with Gasteiger partial charge < -0.3 is 15.8 Å². The number of nitrogens with zero attached hydrogens (tertiary/aromatic N) is 2. The summed E-state index contributed by atoms with van der Waals surface area (Å²) in [5.74, 6) is 1.11. The zero-order valence-electron chi connectivity index (χ0n) is 9.45. The fourth-order valence-corrected chi connectivity index (χ4v) is 0.984. The van der Waals surface area contributed by atoms with Crippen molar-refractivity contribution in [3.05, 3.63) is 12.3 Å². The van der Waals surface area contributed by atoms with Crippen LogP contribution < -0.4 is 15.8 Å². The van der Waals surface area contributed by atoms with Gasteiger partial charge in [-0.25, -0.2) is 4.98 Å². The van der Waals surface area contributed by atoms with Crippen LogP contribution in [0.15, 0.2) is 12.3 Å². The molecule has 0 aromatic carbocycles. The largest absolute Gasteiger partial charge is 0.478 e. The first-order valence-electron chi connectivity index (χ1n) is 5.01. The van der Waals surface area contributed by atoms with Crippen LogP contribution in [0.4, 0.5) is 5.95 Å². The first kappa shape index (κ1) is 11.7. The van der Waals surface area contributed by atoms with Crippen molar-refractivity contribution in [1.82, 2.24) is 9.97 Å². The highest BCUT2D eigenvalue weighted by atomic mass is 16.5. The van der Waals surface area contributed by atoms with Crippen LogP contribution in [0.1, 0.15) is 20.8 Å². The van der Waals surface area contributed by atoms with Crippen LogP contribution in [-0.4, -0.2) is 28.7 Å². The lowest BCUT2D eigenvalue weighted by atomic mass is 10.1. The van der Waals surface area contributed by atoms with Crippen LogP contribution in [0, 0.1) is 0 Å².